The van der Waals surface area contributed by atoms with Gasteiger partial charge in [-0.3, -0.25) is 0 Å². The number of hydrogen-bond donors (Lipinski definition) is 2. The van der Waals surface area contributed by atoms with Gasteiger partial charge in [-0.15, -0.1) is 11.3 Å². The maximum atomic E-state index is 10.9. The Kier molecular flexibility index (Phi) is 4.34. The predicted octanol–water partition coefficient (Wildman–Crippen LogP) is 2.85. The third-order valence-electron chi connectivity index (χ3n) is 2.39. The zero-order chi connectivity index (χ0) is 13.8. The number of pyridine rings is 1. The Morgan fingerprint density at radius 2 is 2.26 bits per heavy atom. The van der Waals surface area contributed by atoms with Gasteiger partial charge >= 0.3 is 5.97 Å². The lowest BCUT2D eigenvalue weighted by atomic mass is 10.2. The van der Waals surface area contributed by atoms with E-state index in [-0.39, 0.29) is 10.7 Å². The zero-order valence-electron chi connectivity index (χ0n) is 10.2. The summed E-state index contributed by atoms with van der Waals surface area (Å²) in [6, 6.07) is 2.78. The standard InChI is InChI=1S/C12H12ClN3O2S/c1-7-15-9(6-19-7)2-3-14-11-5-8(12(17)18)4-10(13)16-11/h4-6H,2-3H2,1H3,(H,14,16)(H,17,18). The minimum Gasteiger partial charge on any atom is -0.478 e. The van der Waals surface area contributed by atoms with Crippen molar-refractivity contribution in [1.82, 2.24) is 9.97 Å². The van der Waals surface area contributed by atoms with Gasteiger partial charge in [-0.25, -0.2) is 14.8 Å². The van der Waals surface area contributed by atoms with Crippen molar-refractivity contribution in [2.45, 2.75) is 13.3 Å². The van der Waals surface area contributed by atoms with Gasteiger partial charge in [-0.2, -0.15) is 0 Å². The zero-order valence-corrected chi connectivity index (χ0v) is 11.8. The first-order valence-corrected chi connectivity index (χ1v) is 6.86. The Morgan fingerprint density at radius 1 is 1.47 bits per heavy atom. The number of carbonyl (C=O) groups is 1. The molecule has 0 fully saturated rings. The summed E-state index contributed by atoms with van der Waals surface area (Å²) >= 11 is 7.37. The van der Waals surface area contributed by atoms with Crippen molar-refractivity contribution < 1.29 is 9.90 Å². The highest BCUT2D eigenvalue weighted by Gasteiger charge is 2.07. The topological polar surface area (TPSA) is 75.1 Å². The summed E-state index contributed by atoms with van der Waals surface area (Å²) in [4.78, 5) is 19.2. The number of nitrogens with one attached hydrogen (secondary N) is 1. The number of rotatable bonds is 5. The number of aromatic carboxylic acids is 1. The van der Waals surface area contributed by atoms with E-state index in [0.717, 1.165) is 17.1 Å². The molecule has 2 aromatic rings. The van der Waals surface area contributed by atoms with Crippen LogP contribution < -0.4 is 5.32 Å². The van der Waals surface area contributed by atoms with Crippen LogP contribution in [0.2, 0.25) is 5.15 Å². The quantitative estimate of drug-likeness (QED) is 0.830. The molecule has 0 aliphatic heterocycles. The van der Waals surface area contributed by atoms with Gasteiger partial charge in [0.15, 0.2) is 0 Å². The third kappa shape index (κ3) is 3.90. The van der Waals surface area contributed by atoms with Crippen LogP contribution >= 0.6 is 22.9 Å². The van der Waals surface area contributed by atoms with Gasteiger partial charge in [-0.05, 0) is 19.1 Å². The van der Waals surface area contributed by atoms with Crippen LogP contribution in [-0.2, 0) is 6.42 Å². The van der Waals surface area contributed by atoms with E-state index in [4.69, 9.17) is 16.7 Å². The second kappa shape index (κ2) is 5.99. The number of hydrogen-bond acceptors (Lipinski definition) is 5. The number of thiazole rings is 1. The summed E-state index contributed by atoms with van der Waals surface area (Å²) < 4.78 is 0. The molecular weight excluding hydrogens is 286 g/mol. The summed E-state index contributed by atoms with van der Waals surface area (Å²) in [6.45, 7) is 2.58. The van der Waals surface area contributed by atoms with Crippen molar-refractivity contribution in [3.63, 3.8) is 0 Å². The Labute approximate surface area is 119 Å². The van der Waals surface area contributed by atoms with Gasteiger partial charge in [0.05, 0.1) is 16.3 Å². The number of carboxylic acids is 1. The van der Waals surface area contributed by atoms with E-state index >= 15 is 0 Å². The lowest BCUT2D eigenvalue weighted by Gasteiger charge is -2.06. The summed E-state index contributed by atoms with van der Waals surface area (Å²) in [5.41, 5.74) is 1.13. The van der Waals surface area contributed by atoms with Crippen molar-refractivity contribution in [2.24, 2.45) is 0 Å². The summed E-state index contributed by atoms with van der Waals surface area (Å²) in [6.07, 6.45) is 0.751. The third-order valence-corrected chi connectivity index (χ3v) is 3.41. The molecule has 0 radical (unpaired) electrons. The fourth-order valence-corrected chi connectivity index (χ4v) is 2.41. The molecule has 0 aliphatic rings. The molecule has 2 N–H and O–H groups in total. The molecule has 0 aliphatic carbocycles. The van der Waals surface area contributed by atoms with Crippen LogP contribution in [0.15, 0.2) is 17.5 Å². The van der Waals surface area contributed by atoms with Gasteiger partial charge < -0.3 is 10.4 Å². The molecule has 0 unspecified atom stereocenters. The van der Waals surface area contributed by atoms with Crippen LogP contribution in [0, 0.1) is 6.92 Å². The van der Waals surface area contributed by atoms with Crippen LogP contribution in [0.25, 0.3) is 0 Å². The molecule has 0 atom stereocenters. The fraction of sp³-hybridized carbons (Fsp3) is 0.250. The normalized spacial score (nSPS) is 10.4. The Hall–Kier alpha value is -1.66. The number of aryl methyl sites for hydroxylation is 1. The first-order valence-electron chi connectivity index (χ1n) is 5.60. The fourth-order valence-electron chi connectivity index (χ4n) is 1.55. The van der Waals surface area contributed by atoms with Crippen LogP contribution in [0.3, 0.4) is 0 Å². The molecule has 19 heavy (non-hydrogen) atoms. The molecule has 2 heterocycles. The summed E-state index contributed by atoms with van der Waals surface area (Å²) in [5, 5.41) is 15.2. The molecule has 0 spiro atoms. The Bertz CT molecular complexity index is 600. The van der Waals surface area contributed by atoms with E-state index in [2.05, 4.69) is 15.3 Å². The average Bonchev–Trinajstić information content (AvgIpc) is 2.74. The van der Waals surface area contributed by atoms with Crippen LogP contribution in [0.1, 0.15) is 21.1 Å². The molecule has 0 saturated carbocycles. The van der Waals surface area contributed by atoms with Crippen molar-refractivity contribution in [1.29, 1.82) is 0 Å². The smallest absolute Gasteiger partial charge is 0.335 e. The van der Waals surface area contributed by atoms with Crippen LogP contribution in [0.4, 0.5) is 5.82 Å². The SMILES string of the molecule is Cc1nc(CCNc2cc(C(=O)O)cc(Cl)n2)cs1. The molecule has 0 aromatic carbocycles. The van der Waals surface area contributed by atoms with Gasteiger partial charge in [0, 0.05) is 18.3 Å². The van der Waals surface area contributed by atoms with Crippen molar-refractivity contribution >= 4 is 34.7 Å². The second-order valence-corrected chi connectivity index (χ2v) is 5.35. The van der Waals surface area contributed by atoms with Crippen LogP contribution in [0.5, 0.6) is 0 Å². The highest BCUT2D eigenvalue weighted by atomic mass is 35.5. The van der Waals surface area contributed by atoms with E-state index in [0.29, 0.717) is 12.4 Å². The molecule has 0 amide bonds. The number of carboxylic acid groups (broad SMARTS) is 1. The Balaban J connectivity index is 1.97. The van der Waals surface area contributed by atoms with Gasteiger partial charge in [0.1, 0.15) is 11.0 Å². The first-order chi connectivity index (χ1) is 9.04. The predicted molar refractivity (Wildman–Crippen MR) is 75.3 cm³/mol. The first kappa shape index (κ1) is 13.8. The number of aromatic nitrogens is 2. The molecule has 2 rings (SSSR count). The molecule has 100 valence electrons. The molecular formula is C12H12ClN3O2S. The molecule has 0 bridgehead atoms. The van der Waals surface area contributed by atoms with E-state index in [9.17, 15) is 4.79 Å². The average molecular weight is 298 g/mol. The Morgan fingerprint density at radius 3 is 2.89 bits per heavy atom. The molecule has 5 nitrogen and oxygen atoms in total. The maximum absolute atomic E-state index is 10.9. The van der Waals surface area contributed by atoms with Crippen molar-refractivity contribution in [3.8, 4) is 0 Å². The van der Waals surface area contributed by atoms with E-state index in [1.807, 2.05) is 12.3 Å². The summed E-state index contributed by atoms with van der Waals surface area (Å²) in [5.74, 6) is -0.570. The van der Waals surface area contributed by atoms with E-state index in [1.54, 1.807) is 11.3 Å². The molecule has 2 aromatic heterocycles. The van der Waals surface area contributed by atoms with Gasteiger partial charge in [-0.1, -0.05) is 11.6 Å². The van der Waals surface area contributed by atoms with E-state index < -0.39 is 5.97 Å². The largest absolute Gasteiger partial charge is 0.478 e. The minimum absolute atomic E-state index is 0.118. The highest BCUT2D eigenvalue weighted by Crippen LogP contribution is 2.15. The lowest BCUT2D eigenvalue weighted by molar-refractivity contribution is 0.0697. The minimum atomic E-state index is -1.03. The van der Waals surface area contributed by atoms with Gasteiger partial charge in [0.25, 0.3) is 0 Å². The molecule has 0 saturated heterocycles. The summed E-state index contributed by atoms with van der Waals surface area (Å²) in [7, 11) is 0. The van der Waals surface area contributed by atoms with Crippen molar-refractivity contribution in [2.75, 3.05) is 11.9 Å². The number of anilines is 1. The lowest BCUT2D eigenvalue weighted by Crippen LogP contribution is -2.08. The molecule has 7 heteroatoms. The van der Waals surface area contributed by atoms with Crippen LogP contribution in [-0.4, -0.2) is 27.6 Å². The number of halogens is 1. The maximum Gasteiger partial charge on any atom is 0.335 e. The number of nitrogens with zero attached hydrogens (tertiary/aromatic N) is 2. The monoisotopic (exact) mass is 297 g/mol. The van der Waals surface area contributed by atoms with Crippen molar-refractivity contribution in [3.05, 3.63) is 38.9 Å². The van der Waals surface area contributed by atoms with Gasteiger partial charge in [0.2, 0.25) is 0 Å². The van der Waals surface area contributed by atoms with E-state index in [1.165, 1.54) is 12.1 Å². The highest BCUT2D eigenvalue weighted by molar-refractivity contribution is 7.09. The second-order valence-electron chi connectivity index (χ2n) is 3.90.